The number of carbonyl (C=O) groups excluding carboxylic acids is 2. The summed E-state index contributed by atoms with van der Waals surface area (Å²) < 4.78 is 5.59. The van der Waals surface area contributed by atoms with Gasteiger partial charge in [0, 0.05) is 13.1 Å². The van der Waals surface area contributed by atoms with Crippen molar-refractivity contribution in [3.63, 3.8) is 0 Å². The maximum absolute atomic E-state index is 12.5. The number of hydrogen-bond donors (Lipinski definition) is 1. The first-order chi connectivity index (χ1) is 13.2. The molecule has 142 valence electrons. The Morgan fingerprint density at radius 2 is 1.74 bits per heavy atom. The van der Waals surface area contributed by atoms with Gasteiger partial charge in [-0.1, -0.05) is 48.5 Å². The smallest absolute Gasteiger partial charge is 0.227 e. The number of likely N-dealkylation sites (tertiary alicyclic amines) is 1. The average Bonchev–Trinajstić information content (AvgIpc) is 2.72. The molecule has 0 radical (unpaired) electrons. The molecule has 0 spiro atoms. The number of nitrogens with one attached hydrogen (secondary N) is 1. The van der Waals surface area contributed by atoms with Crippen molar-refractivity contribution < 1.29 is 14.3 Å². The number of hydrogen-bond acceptors (Lipinski definition) is 3. The van der Waals surface area contributed by atoms with Crippen LogP contribution in [0.4, 0.5) is 0 Å². The second-order valence-corrected chi connectivity index (χ2v) is 6.79. The molecule has 0 aliphatic carbocycles. The lowest BCUT2D eigenvalue weighted by molar-refractivity contribution is -0.135. The van der Waals surface area contributed by atoms with Crippen molar-refractivity contribution in [3.05, 3.63) is 66.2 Å². The molecule has 1 unspecified atom stereocenters. The van der Waals surface area contributed by atoms with E-state index >= 15 is 0 Å². The number of nitrogens with zero attached hydrogens (tertiary/aromatic N) is 1. The van der Waals surface area contributed by atoms with Gasteiger partial charge < -0.3 is 15.0 Å². The van der Waals surface area contributed by atoms with Gasteiger partial charge in [0.15, 0.2) is 0 Å². The molecule has 1 fully saturated rings. The summed E-state index contributed by atoms with van der Waals surface area (Å²) >= 11 is 0. The molecule has 3 rings (SSSR count). The SMILES string of the molecule is O=C(NCCOc1ccccc1)C1CCCN(C(=O)Cc2ccccc2)C1. The van der Waals surface area contributed by atoms with Gasteiger partial charge in [0.25, 0.3) is 0 Å². The van der Waals surface area contributed by atoms with Gasteiger partial charge in [-0.05, 0) is 30.5 Å². The fourth-order valence-corrected chi connectivity index (χ4v) is 3.30. The van der Waals surface area contributed by atoms with Crippen molar-refractivity contribution in [2.45, 2.75) is 19.3 Å². The summed E-state index contributed by atoms with van der Waals surface area (Å²) in [7, 11) is 0. The molecule has 0 bridgehead atoms. The van der Waals surface area contributed by atoms with Crippen LogP contribution in [0.2, 0.25) is 0 Å². The predicted molar refractivity (Wildman–Crippen MR) is 104 cm³/mol. The van der Waals surface area contributed by atoms with E-state index in [9.17, 15) is 9.59 Å². The number of carbonyl (C=O) groups is 2. The van der Waals surface area contributed by atoms with Gasteiger partial charge >= 0.3 is 0 Å². The molecule has 2 aromatic carbocycles. The third kappa shape index (κ3) is 5.84. The summed E-state index contributed by atoms with van der Waals surface area (Å²) in [6.45, 7) is 2.12. The minimum atomic E-state index is -0.143. The fraction of sp³-hybridized carbons (Fsp3) is 0.364. The van der Waals surface area contributed by atoms with Crippen molar-refractivity contribution >= 4 is 11.8 Å². The highest BCUT2D eigenvalue weighted by Crippen LogP contribution is 2.18. The zero-order valence-corrected chi connectivity index (χ0v) is 15.5. The highest BCUT2D eigenvalue weighted by molar-refractivity contribution is 5.82. The maximum atomic E-state index is 12.5. The summed E-state index contributed by atoms with van der Waals surface area (Å²) in [4.78, 5) is 26.8. The normalized spacial score (nSPS) is 16.6. The third-order valence-electron chi connectivity index (χ3n) is 4.76. The molecular weight excluding hydrogens is 340 g/mol. The van der Waals surface area contributed by atoms with Crippen LogP contribution < -0.4 is 10.1 Å². The summed E-state index contributed by atoms with van der Waals surface area (Å²) in [5.74, 6) is 0.743. The first-order valence-electron chi connectivity index (χ1n) is 9.49. The van der Waals surface area contributed by atoms with Crippen LogP contribution in [0.3, 0.4) is 0 Å². The second-order valence-electron chi connectivity index (χ2n) is 6.79. The van der Waals surface area contributed by atoms with Crippen LogP contribution in [-0.4, -0.2) is 43.0 Å². The van der Waals surface area contributed by atoms with Crippen molar-refractivity contribution in [1.29, 1.82) is 0 Å². The Morgan fingerprint density at radius 3 is 2.48 bits per heavy atom. The van der Waals surface area contributed by atoms with Crippen LogP contribution in [0.1, 0.15) is 18.4 Å². The molecule has 2 amide bonds. The minimum absolute atomic E-state index is 0.00359. The minimum Gasteiger partial charge on any atom is -0.492 e. The monoisotopic (exact) mass is 366 g/mol. The van der Waals surface area contributed by atoms with Crippen molar-refractivity contribution in [1.82, 2.24) is 10.2 Å². The van der Waals surface area contributed by atoms with Crippen molar-refractivity contribution in [3.8, 4) is 5.75 Å². The number of ether oxygens (including phenoxy) is 1. The highest BCUT2D eigenvalue weighted by atomic mass is 16.5. The molecule has 1 aliphatic heterocycles. The highest BCUT2D eigenvalue weighted by Gasteiger charge is 2.28. The van der Waals surface area contributed by atoms with E-state index in [0.717, 1.165) is 30.7 Å². The van der Waals surface area contributed by atoms with E-state index in [-0.39, 0.29) is 17.7 Å². The van der Waals surface area contributed by atoms with Crippen LogP contribution in [0.25, 0.3) is 0 Å². The van der Waals surface area contributed by atoms with Crippen LogP contribution in [0.15, 0.2) is 60.7 Å². The number of piperidine rings is 1. The standard InChI is InChI=1S/C22H26N2O3/c25-21(16-18-8-3-1-4-9-18)24-14-7-10-19(17-24)22(26)23-13-15-27-20-11-5-2-6-12-20/h1-6,8-9,11-12,19H,7,10,13-17H2,(H,23,26). The molecule has 1 atom stereocenters. The van der Waals surface area contributed by atoms with Gasteiger partial charge in [0.2, 0.25) is 11.8 Å². The van der Waals surface area contributed by atoms with Gasteiger partial charge in [-0.3, -0.25) is 9.59 Å². The number of rotatable bonds is 7. The van der Waals surface area contributed by atoms with E-state index in [2.05, 4.69) is 5.32 Å². The predicted octanol–water partition coefficient (Wildman–Crippen LogP) is 2.66. The Kier molecular flexibility index (Phi) is 6.85. The summed E-state index contributed by atoms with van der Waals surface area (Å²) in [6, 6.07) is 19.3. The lowest BCUT2D eigenvalue weighted by atomic mass is 9.96. The fourth-order valence-electron chi connectivity index (χ4n) is 3.30. The molecular formula is C22H26N2O3. The number of amides is 2. The third-order valence-corrected chi connectivity index (χ3v) is 4.76. The molecule has 1 aliphatic rings. The molecule has 1 saturated heterocycles. The Labute approximate surface area is 160 Å². The lowest BCUT2D eigenvalue weighted by Crippen LogP contribution is -2.46. The number of benzene rings is 2. The van der Waals surface area contributed by atoms with Crippen molar-refractivity contribution in [2.75, 3.05) is 26.2 Å². The van der Waals surface area contributed by atoms with Crippen LogP contribution in [0, 0.1) is 5.92 Å². The zero-order valence-electron chi connectivity index (χ0n) is 15.5. The molecule has 27 heavy (non-hydrogen) atoms. The largest absolute Gasteiger partial charge is 0.492 e. The molecule has 0 saturated carbocycles. The van der Waals surface area contributed by atoms with Gasteiger partial charge in [0.05, 0.1) is 18.9 Å². The van der Waals surface area contributed by atoms with E-state index in [4.69, 9.17) is 4.74 Å². The molecule has 5 heteroatoms. The van der Waals surface area contributed by atoms with E-state index < -0.39 is 0 Å². The Morgan fingerprint density at radius 1 is 1.04 bits per heavy atom. The lowest BCUT2D eigenvalue weighted by Gasteiger charge is -2.32. The topological polar surface area (TPSA) is 58.6 Å². The van der Waals surface area contributed by atoms with E-state index in [1.807, 2.05) is 65.6 Å². The molecule has 5 nitrogen and oxygen atoms in total. The van der Waals surface area contributed by atoms with Gasteiger partial charge in [-0.25, -0.2) is 0 Å². The first kappa shape index (κ1) is 19.0. The van der Waals surface area contributed by atoms with Crippen LogP contribution in [0.5, 0.6) is 5.75 Å². The van der Waals surface area contributed by atoms with Gasteiger partial charge in [-0.15, -0.1) is 0 Å². The Bertz CT molecular complexity index is 734. The quantitative estimate of drug-likeness (QED) is 0.767. The average molecular weight is 366 g/mol. The Balaban J connectivity index is 1.41. The van der Waals surface area contributed by atoms with E-state index in [0.29, 0.717) is 26.1 Å². The molecule has 0 aromatic heterocycles. The van der Waals surface area contributed by atoms with Gasteiger partial charge in [-0.2, -0.15) is 0 Å². The van der Waals surface area contributed by atoms with Crippen LogP contribution in [-0.2, 0) is 16.0 Å². The zero-order chi connectivity index (χ0) is 18.9. The van der Waals surface area contributed by atoms with E-state index in [1.165, 1.54) is 0 Å². The number of para-hydroxylation sites is 1. The molecule has 1 N–H and O–H groups in total. The van der Waals surface area contributed by atoms with E-state index in [1.54, 1.807) is 0 Å². The van der Waals surface area contributed by atoms with Crippen LogP contribution >= 0.6 is 0 Å². The van der Waals surface area contributed by atoms with Crippen molar-refractivity contribution in [2.24, 2.45) is 5.92 Å². The maximum Gasteiger partial charge on any atom is 0.227 e. The summed E-state index contributed by atoms with van der Waals surface area (Å²) in [5.41, 5.74) is 1.01. The first-order valence-corrected chi connectivity index (χ1v) is 9.49. The summed E-state index contributed by atoms with van der Waals surface area (Å²) in [5, 5.41) is 2.93. The Hall–Kier alpha value is -2.82. The van der Waals surface area contributed by atoms with Gasteiger partial charge in [0.1, 0.15) is 12.4 Å². The second kappa shape index (κ2) is 9.76. The molecule has 1 heterocycles. The summed E-state index contributed by atoms with van der Waals surface area (Å²) in [6.07, 6.45) is 2.07. The molecule has 2 aromatic rings.